The minimum absolute atomic E-state index is 1.17. The maximum Gasteiger partial charge on any atom is 0.0717 e. The predicted octanol–water partition coefficient (Wildman–Crippen LogP) is 8.18. The molecule has 2 aliphatic rings. The van der Waals surface area contributed by atoms with Crippen molar-refractivity contribution < 1.29 is 0 Å². The average molecular weight is 429 g/mol. The topological polar surface area (TPSA) is 0 Å². The molecule has 24 heavy (non-hydrogen) atoms. The van der Waals surface area contributed by atoms with E-state index in [0.717, 1.165) is 0 Å². The first-order valence-electron chi connectivity index (χ1n) is 7.73. The third-order valence-corrected chi connectivity index (χ3v) is 12.1. The number of thioether (sulfide) groups is 6. The summed E-state index contributed by atoms with van der Waals surface area (Å²) >= 11 is 11.7. The molecular weight excluding hydrogens is 409 g/mol. The minimum atomic E-state index is 1.17. The van der Waals surface area contributed by atoms with Crippen molar-refractivity contribution in [1.82, 2.24) is 0 Å². The Morgan fingerprint density at radius 2 is 1.42 bits per heavy atom. The Labute approximate surface area is 170 Å². The quantitative estimate of drug-likeness (QED) is 0.445. The highest BCUT2D eigenvalue weighted by molar-refractivity contribution is 8.42. The lowest BCUT2D eigenvalue weighted by atomic mass is 10.1. The van der Waals surface area contributed by atoms with Gasteiger partial charge in [-0.05, 0) is 54.1 Å². The second kappa shape index (κ2) is 9.47. The van der Waals surface area contributed by atoms with Gasteiger partial charge < -0.3 is 0 Å². The van der Waals surface area contributed by atoms with Crippen molar-refractivity contribution in [3.8, 4) is 0 Å². The van der Waals surface area contributed by atoms with E-state index in [1.807, 2.05) is 70.6 Å². The summed E-state index contributed by atoms with van der Waals surface area (Å²) < 4.78 is 5.90. The third-order valence-electron chi connectivity index (χ3n) is 3.64. The van der Waals surface area contributed by atoms with E-state index in [2.05, 4.69) is 49.8 Å². The summed E-state index contributed by atoms with van der Waals surface area (Å²) in [7, 11) is 0. The molecule has 1 aromatic carbocycles. The Kier molecular flexibility index (Phi) is 7.62. The second-order valence-corrected chi connectivity index (χ2v) is 12.3. The molecule has 0 nitrogen and oxygen atoms in total. The number of allylic oxidation sites excluding steroid dienone is 2. The smallest absolute Gasteiger partial charge is 0.0717 e. The number of aryl methyl sites for hydroxylation is 1. The summed E-state index contributed by atoms with van der Waals surface area (Å²) in [5.41, 5.74) is 1.45. The summed E-state index contributed by atoms with van der Waals surface area (Å²) in [6.07, 6.45) is 7.97. The van der Waals surface area contributed by atoms with Crippen LogP contribution >= 0.6 is 70.6 Å². The molecule has 2 aliphatic heterocycles. The van der Waals surface area contributed by atoms with Gasteiger partial charge in [-0.1, -0.05) is 77.4 Å². The zero-order valence-corrected chi connectivity index (χ0v) is 18.9. The van der Waals surface area contributed by atoms with E-state index >= 15 is 0 Å². The lowest BCUT2D eigenvalue weighted by molar-refractivity contribution is 0.835. The van der Waals surface area contributed by atoms with E-state index < -0.39 is 0 Å². The van der Waals surface area contributed by atoms with Crippen molar-refractivity contribution in [2.24, 2.45) is 0 Å². The summed E-state index contributed by atoms with van der Waals surface area (Å²) in [5.74, 6) is 0. The van der Waals surface area contributed by atoms with Crippen LogP contribution in [0.15, 0.2) is 57.1 Å². The fraction of sp³-hybridized carbons (Fsp3) is 0.333. The molecule has 0 saturated carbocycles. The molecule has 3 rings (SSSR count). The summed E-state index contributed by atoms with van der Waals surface area (Å²) in [6.45, 7) is 2.28. The van der Waals surface area contributed by atoms with E-state index in [9.17, 15) is 0 Å². The van der Waals surface area contributed by atoms with Gasteiger partial charge in [0.15, 0.2) is 0 Å². The van der Waals surface area contributed by atoms with Crippen molar-refractivity contribution in [3.05, 3.63) is 62.7 Å². The van der Waals surface area contributed by atoms with Crippen LogP contribution in [0, 0.1) is 0 Å². The van der Waals surface area contributed by atoms with Gasteiger partial charge in [-0.15, -0.1) is 23.5 Å². The molecule has 0 saturated heterocycles. The fourth-order valence-electron chi connectivity index (χ4n) is 2.41. The first-order chi connectivity index (χ1) is 11.7. The van der Waals surface area contributed by atoms with E-state index in [0.29, 0.717) is 0 Å². The number of benzene rings is 1. The van der Waals surface area contributed by atoms with Crippen molar-refractivity contribution in [1.29, 1.82) is 0 Å². The third kappa shape index (κ3) is 4.83. The number of hydrogen-bond acceptors (Lipinski definition) is 6. The monoisotopic (exact) mass is 428 g/mol. The lowest BCUT2D eigenvalue weighted by Crippen LogP contribution is -1.85. The van der Waals surface area contributed by atoms with E-state index in [-0.39, 0.29) is 0 Å². The standard InChI is InChI=1S/C18H20S6/c1-12-14(11-7-10-13-8-5-4-6-9-13)22-17(21-12)18-23-15(19-2)16(20-3)24-18/h4-6,8-9H,7,10-11H2,1-3H3. The molecule has 0 atom stereocenters. The zero-order valence-electron chi connectivity index (χ0n) is 14.0. The Balaban J connectivity index is 1.56. The molecule has 2 heterocycles. The van der Waals surface area contributed by atoms with Crippen LogP contribution in [0.1, 0.15) is 25.3 Å². The van der Waals surface area contributed by atoms with Crippen LogP contribution in [0.3, 0.4) is 0 Å². The first-order valence-corrected chi connectivity index (χ1v) is 13.4. The molecule has 0 spiro atoms. The van der Waals surface area contributed by atoms with E-state index in [4.69, 9.17) is 0 Å². The van der Waals surface area contributed by atoms with Crippen molar-refractivity contribution in [2.45, 2.75) is 26.2 Å². The summed E-state index contributed by atoms with van der Waals surface area (Å²) in [5, 5.41) is 0. The van der Waals surface area contributed by atoms with Crippen LogP contribution in [0.2, 0.25) is 0 Å². The highest BCUT2D eigenvalue weighted by Crippen LogP contribution is 2.63. The summed E-state index contributed by atoms with van der Waals surface area (Å²) in [6, 6.07) is 10.8. The Hall–Kier alpha value is 0.540. The summed E-state index contributed by atoms with van der Waals surface area (Å²) in [4.78, 5) is 3.07. The van der Waals surface area contributed by atoms with Gasteiger partial charge in [0.05, 0.1) is 16.9 Å². The largest absolute Gasteiger partial charge is 0.121 e. The van der Waals surface area contributed by atoms with Crippen LogP contribution in [0.5, 0.6) is 0 Å². The molecule has 0 amide bonds. The lowest BCUT2D eigenvalue weighted by Gasteiger charge is -2.04. The van der Waals surface area contributed by atoms with Gasteiger partial charge in [-0.2, -0.15) is 0 Å². The fourth-order valence-corrected chi connectivity index (χ4v) is 10.4. The van der Waals surface area contributed by atoms with Crippen molar-refractivity contribution >= 4 is 70.6 Å². The average Bonchev–Trinajstić information content (AvgIpc) is 3.19. The second-order valence-electron chi connectivity index (χ2n) is 5.28. The molecule has 6 heteroatoms. The van der Waals surface area contributed by atoms with Crippen LogP contribution in [0.4, 0.5) is 0 Å². The maximum atomic E-state index is 2.28. The van der Waals surface area contributed by atoms with Crippen LogP contribution in [-0.2, 0) is 6.42 Å². The molecule has 0 radical (unpaired) electrons. The minimum Gasteiger partial charge on any atom is -0.121 e. The first kappa shape index (κ1) is 19.3. The van der Waals surface area contributed by atoms with Gasteiger partial charge in [-0.25, -0.2) is 0 Å². The zero-order chi connectivity index (χ0) is 16.9. The molecule has 0 fully saturated rings. The van der Waals surface area contributed by atoms with Gasteiger partial charge in [0.1, 0.15) is 0 Å². The number of rotatable bonds is 6. The SMILES string of the molecule is CSC1=C(SC)SC(=C2SC(C)=C(CCCc3ccccc3)S2)S1. The molecule has 0 N–H and O–H groups in total. The van der Waals surface area contributed by atoms with Crippen LogP contribution in [-0.4, -0.2) is 12.5 Å². The van der Waals surface area contributed by atoms with Crippen molar-refractivity contribution in [2.75, 3.05) is 12.5 Å². The highest BCUT2D eigenvalue weighted by atomic mass is 32.3. The van der Waals surface area contributed by atoms with Gasteiger partial charge in [0.2, 0.25) is 0 Å². The van der Waals surface area contributed by atoms with Crippen LogP contribution < -0.4 is 0 Å². The molecule has 1 aromatic rings. The highest BCUT2D eigenvalue weighted by Gasteiger charge is 2.27. The predicted molar refractivity (Wildman–Crippen MR) is 124 cm³/mol. The number of hydrogen-bond donors (Lipinski definition) is 0. The van der Waals surface area contributed by atoms with Crippen LogP contribution in [0.25, 0.3) is 0 Å². The normalized spacial score (nSPS) is 18.3. The van der Waals surface area contributed by atoms with E-state index in [1.165, 1.54) is 46.7 Å². The van der Waals surface area contributed by atoms with Gasteiger partial charge in [0.25, 0.3) is 0 Å². The molecule has 0 bridgehead atoms. The maximum absolute atomic E-state index is 2.28. The Morgan fingerprint density at radius 3 is 2.04 bits per heavy atom. The molecule has 0 unspecified atom stereocenters. The molecule has 0 aliphatic carbocycles. The van der Waals surface area contributed by atoms with Gasteiger partial charge >= 0.3 is 0 Å². The van der Waals surface area contributed by atoms with Crippen molar-refractivity contribution in [3.63, 3.8) is 0 Å². The molecular formula is C18H20S6. The molecule has 128 valence electrons. The molecule has 0 aromatic heterocycles. The van der Waals surface area contributed by atoms with E-state index in [1.54, 1.807) is 4.91 Å². The Morgan fingerprint density at radius 1 is 0.792 bits per heavy atom. The van der Waals surface area contributed by atoms with Gasteiger partial charge in [-0.3, -0.25) is 0 Å². The Bertz CT molecular complexity index is 669. The van der Waals surface area contributed by atoms with Gasteiger partial charge in [0, 0.05) is 0 Å².